The molecule has 0 aliphatic rings. The molecule has 3 aromatic rings. The van der Waals surface area contributed by atoms with Crippen molar-refractivity contribution in [3.63, 3.8) is 0 Å². The van der Waals surface area contributed by atoms with Crippen LogP contribution in [0, 0.1) is 13.8 Å². The number of nitrogens with two attached hydrogens (primary N) is 1. The van der Waals surface area contributed by atoms with Crippen LogP contribution in [-0.4, -0.2) is 10.9 Å². The lowest BCUT2D eigenvalue weighted by atomic mass is 10.1. The summed E-state index contributed by atoms with van der Waals surface area (Å²) in [5.74, 6) is -0.437. The van der Waals surface area contributed by atoms with Crippen LogP contribution in [0.5, 0.6) is 0 Å². The number of hydrogen-bond acceptors (Lipinski definition) is 3. The first-order valence-corrected chi connectivity index (χ1v) is 7.81. The fraction of sp³-hybridized carbons (Fsp3) is 0.111. The molecule has 3 rings (SSSR count). The maximum Gasteiger partial charge on any atom is 0.251 e. The lowest BCUT2D eigenvalue weighted by Crippen LogP contribution is -2.15. The Morgan fingerprint density at radius 3 is 2.50 bits per heavy atom. The quantitative estimate of drug-likeness (QED) is 0.792. The molecule has 0 unspecified atom stereocenters. The number of carbonyl (C=O) groups is 1. The number of pyridine rings is 1. The van der Waals surface area contributed by atoms with Gasteiger partial charge in [-0.15, -0.1) is 0 Å². The summed E-state index contributed by atoms with van der Waals surface area (Å²) in [5.41, 5.74) is 7.77. The third-order valence-electron chi connectivity index (χ3n) is 3.49. The molecule has 0 saturated heterocycles. The molecule has 22 heavy (non-hydrogen) atoms. The number of benzene rings is 2. The van der Waals surface area contributed by atoms with Crippen molar-refractivity contribution in [2.24, 2.45) is 5.73 Å². The Balaban J connectivity index is 2.06. The number of nitrogens with zero attached hydrogens (tertiary/aromatic N) is 1. The van der Waals surface area contributed by atoms with Crippen LogP contribution in [0.25, 0.3) is 10.8 Å². The molecule has 0 bridgehead atoms. The predicted molar refractivity (Wildman–Crippen MR) is 90.3 cm³/mol. The number of hydrogen-bond donors (Lipinski definition) is 1. The Morgan fingerprint density at radius 2 is 1.77 bits per heavy atom. The molecular weight excluding hydrogens is 292 g/mol. The first kappa shape index (κ1) is 14.6. The Labute approximate surface area is 133 Å². The van der Waals surface area contributed by atoms with Crippen LogP contribution in [0.1, 0.15) is 21.6 Å². The first-order chi connectivity index (χ1) is 10.5. The summed E-state index contributed by atoms with van der Waals surface area (Å²) in [4.78, 5) is 17.3. The Kier molecular flexibility index (Phi) is 3.86. The molecule has 1 amide bonds. The molecule has 1 aromatic heterocycles. The number of fused-ring (bicyclic) bond motifs is 1. The van der Waals surface area contributed by atoms with E-state index in [9.17, 15) is 4.79 Å². The van der Waals surface area contributed by atoms with Crippen LogP contribution in [-0.2, 0) is 0 Å². The number of aryl methyl sites for hydroxylation is 2. The fourth-order valence-corrected chi connectivity index (χ4v) is 3.62. The Morgan fingerprint density at radius 1 is 1.05 bits per heavy atom. The molecule has 2 N–H and O–H groups in total. The molecule has 0 radical (unpaired) electrons. The van der Waals surface area contributed by atoms with Gasteiger partial charge in [-0.25, -0.2) is 4.98 Å². The van der Waals surface area contributed by atoms with E-state index in [4.69, 9.17) is 5.73 Å². The van der Waals surface area contributed by atoms with E-state index in [1.54, 1.807) is 0 Å². The lowest BCUT2D eigenvalue weighted by molar-refractivity contribution is 0.0996. The Bertz CT molecular complexity index is 874. The third-order valence-corrected chi connectivity index (χ3v) is 4.47. The molecule has 0 spiro atoms. The molecule has 0 saturated carbocycles. The molecule has 4 heteroatoms. The van der Waals surface area contributed by atoms with Crippen LogP contribution >= 0.6 is 11.8 Å². The van der Waals surface area contributed by atoms with Gasteiger partial charge < -0.3 is 5.73 Å². The minimum absolute atomic E-state index is 0.437. The SMILES string of the molecule is Cc1cc(C)c(C(N)=O)c(Sc2ccc3ccccc3c2)n1. The van der Waals surface area contributed by atoms with Gasteiger partial charge in [0.2, 0.25) is 0 Å². The molecule has 110 valence electrons. The minimum atomic E-state index is -0.437. The Hall–Kier alpha value is -2.33. The number of aromatic nitrogens is 1. The summed E-state index contributed by atoms with van der Waals surface area (Å²) in [6.45, 7) is 3.81. The van der Waals surface area contributed by atoms with Crippen molar-refractivity contribution >= 4 is 28.4 Å². The second kappa shape index (κ2) is 5.81. The highest BCUT2D eigenvalue weighted by Gasteiger charge is 2.15. The average molecular weight is 308 g/mol. The van der Waals surface area contributed by atoms with Crippen LogP contribution in [0.15, 0.2) is 58.5 Å². The summed E-state index contributed by atoms with van der Waals surface area (Å²) >= 11 is 1.47. The topological polar surface area (TPSA) is 56.0 Å². The second-order valence-corrected chi connectivity index (χ2v) is 6.30. The van der Waals surface area contributed by atoms with Gasteiger partial charge in [0.05, 0.1) is 5.56 Å². The highest BCUT2D eigenvalue weighted by Crippen LogP contribution is 2.32. The molecular formula is C18H16N2OS. The minimum Gasteiger partial charge on any atom is -0.366 e. The summed E-state index contributed by atoms with van der Waals surface area (Å²) in [5, 5.41) is 3.02. The molecule has 0 aliphatic carbocycles. The zero-order valence-electron chi connectivity index (χ0n) is 12.5. The van der Waals surface area contributed by atoms with Gasteiger partial charge in [0.15, 0.2) is 0 Å². The van der Waals surface area contributed by atoms with E-state index in [0.717, 1.165) is 21.5 Å². The van der Waals surface area contributed by atoms with E-state index in [-0.39, 0.29) is 0 Å². The van der Waals surface area contributed by atoms with Crippen LogP contribution in [0.4, 0.5) is 0 Å². The maximum absolute atomic E-state index is 11.7. The van der Waals surface area contributed by atoms with Crippen molar-refractivity contribution in [2.75, 3.05) is 0 Å². The van der Waals surface area contributed by atoms with E-state index in [0.29, 0.717) is 10.6 Å². The van der Waals surface area contributed by atoms with Gasteiger partial charge in [0.1, 0.15) is 5.03 Å². The van der Waals surface area contributed by atoms with Crippen molar-refractivity contribution in [2.45, 2.75) is 23.8 Å². The van der Waals surface area contributed by atoms with Gasteiger partial charge >= 0.3 is 0 Å². The zero-order valence-corrected chi connectivity index (χ0v) is 13.3. The predicted octanol–water partition coefficient (Wildman–Crippen LogP) is 4.10. The van der Waals surface area contributed by atoms with Crippen molar-refractivity contribution < 1.29 is 4.79 Å². The van der Waals surface area contributed by atoms with Crippen molar-refractivity contribution in [3.05, 3.63) is 65.4 Å². The van der Waals surface area contributed by atoms with E-state index < -0.39 is 5.91 Å². The van der Waals surface area contributed by atoms with Gasteiger partial charge in [-0.05, 0) is 48.4 Å². The number of primary amides is 1. The van der Waals surface area contributed by atoms with Gasteiger partial charge in [0, 0.05) is 10.6 Å². The molecule has 0 fully saturated rings. The standard InChI is InChI=1S/C18H16N2OS/c1-11-9-12(2)20-18(16(11)17(19)21)22-15-8-7-13-5-3-4-6-14(13)10-15/h3-10H,1-2H3,(H2,19,21). The summed E-state index contributed by atoms with van der Waals surface area (Å²) in [6.07, 6.45) is 0. The van der Waals surface area contributed by atoms with Crippen LogP contribution in [0.2, 0.25) is 0 Å². The van der Waals surface area contributed by atoms with Gasteiger partial charge in [0.25, 0.3) is 5.91 Å². The van der Waals surface area contributed by atoms with Gasteiger partial charge in [-0.2, -0.15) is 0 Å². The normalized spacial score (nSPS) is 10.8. The maximum atomic E-state index is 11.7. The van der Waals surface area contributed by atoms with Crippen molar-refractivity contribution in [1.29, 1.82) is 0 Å². The highest BCUT2D eigenvalue weighted by atomic mass is 32.2. The van der Waals surface area contributed by atoms with E-state index in [2.05, 4.69) is 29.2 Å². The molecule has 3 nitrogen and oxygen atoms in total. The third kappa shape index (κ3) is 2.83. The molecule has 2 aromatic carbocycles. The first-order valence-electron chi connectivity index (χ1n) is 6.99. The summed E-state index contributed by atoms with van der Waals surface area (Å²) in [7, 11) is 0. The van der Waals surface area contributed by atoms with Crippen LogP contribution < -0.4 is 5.73 Å². The van der Waals surface area contributed by atoms with Crippen LogP contribution in [0.3, 0.4) is 0 Å². The molecule has 0 atom stereocenters. The number of rotatable bonds is 3. The molecule has 0 aliphatic heterocycles. The van der Waals surface area contributed by atoms with Crippen molar-refractivity contribution in [1.82, 2.24) is 4.98 Å². The van der Waals surface area contributed by atoms with Gasteiger partial charge in [-0.1, -0.05) is 42.1 Å². The van der Waals surface area contributed by atoms with Gasteiger partial charge in [-0.3, -0.25) is 4.79 Å². The summed E-state index contributed by atoms with van der Waals surface area (Å²) < 4.78 is 0. The van der Waals surface area contributed by atoms with E-state index in [1.165, 1.54) is 17.1 Å². The smallest absolute Gasteiger partial charge is 0.251 e. The zero-order chi connectivity index (χ0) is 15.7. The summed E-state index contributed by atoms with van der Waals surface area (Å²) in [6, 6.07) is 16.3. The number of amides is 1. The average Bonchev–Trinajstić information content (AvgIpc) is 2.46. The fourth-order valence-electron chi connectivity index (χ4n) is 2.52. The largest absolute Gasteiger partial charge is 0.366 e. The second-order valence-electron chi connectivity index (χ2n) is 5.24. The monoisotopic (exact) mass is 308 g/mol. The number of carbonyl (C=O) groups excluding carboxylic acids is 1. The highest BCUT2D eigenvalue weighted by molar-refractivity contribution is 7.99. The van der Waals surface area contributed by atoms with E-state index in [1.807, 2.05) is 38.1 Å². The van der Waals surface area contributed by atoms with Crippen molar-refractivity contribution in [3.8, 4) is 0 Å². The molecule has 1 heterocycles. The lowest BCUT2D eigenvalue weighted by Gasteiger charge is -2.10. The van der Waals surface area contributed by atoms with E-state index >= 15 is 0 Å².